The van der Waals surface area contributed by atoms with Crippen LogP contribution in [0.3, 0.4) is 0 Å². The number of quaternary nitrogens is 1. The smallest absolute Gasteiger partial charge is 0.120 e. The first kappa shape index (κ1) is 16.7. The highest BCUT2D eigenvalue weighted by atomic mass is 16.5. The van der Waals surface area contributed by atoms with E-state index in [0.29, 0.717) is 13.2 Å². The normalized spacial score (nSPS) is 11.0. The van der Waals surface area contributed by atoms with E-state index in [1.54, 1.807) is 7.11 Å². The first-order valence-corrected chi connectivity index (χ1v) is 7.90. The molecule has 0 aromatic heterocycles. The largest absolute Gasteiger partial charge is 0.491 e. The van der Waals surface area contributed by atoms with Crippen LogP contribution in [0, 0.1) is 0 Å². The molecule has 0 spiro atoms. The number of nitrogens with two attached hydrogens (primary N) is 1. The molecule has 0 radical (unpaired) electrons. The van der Waals surface area contributed by atoms with Crippen LogP contribution < -0.4 is 10.1 Å². The molecular formula is C18H26NO3+. The van der Waals surface area contributed by atoms with Crippen molar-refractivity contribution in [2.45, 2.75) is 6.42 Å². The highest BCUT2D eigenvalue weighted by Crippen LogP contribution is 2.20. The molecule has 0 saturated carbocycles. The minimum absolute atomic E-state index is 0.585. The topological polar surface area (TPSA) is 44.3 Å². The van der Waals surface area contributed by atoms with Crippen molar-refractivity contribution >= 4 is 10.8 Å². The zero-order chi connectivity index (χ0) is 15.5. The van der Waals surface area contributed by atoms with Gasteiger partial charge in [-0.05, 0) is 22.9 Å². The van der Waals surface area contributed by atoms with Gasteiger partial charge in [-0.2, -0.15) is 0 Å². The maximum Gasteiger partial charge on any atom is 0.120 e. The maximum absolute atomic E-state index is 5.72. The number of ether oxygens (including phenoxy) is 3. The minimum Gasteiger partial charge on any atom is -0.491 e. The summed E-state index contributed by atoms with van der Waals surface area (Å²) in [6.45, 7) is 4.87. The van der Waals surface area contributed by atoms with Gasteiger partial charge in [0.15, 0.2) is 0 Å². The van der Waals surface area contributed by atoms with Crippen LogP contribution in [0.15, 0.2) is 42.5 Å². The zero-order valence-corrected chi connectivity index (χ0v) is 13.3. The van der Waals surface area contributed by atoms with Gasteiger partial charge in [-0.25, -0.2) is 0 Å². The number of fused-ring (bicyclic) bond motifs is 1. The zero-order valence-electron chi connectivity index (χ0n) is 13.3. The summed E-state index contributed by atoms with van der Waals surface area (Å²) in [6.07, 6.45) is 1.08. The Hall–Kier alpha value is -1.62. The summed E-state index contributed by atoms with van der Waals surface area (Å²) in [7, 11) is 1.73. The van der Waals surface area contributed by atoms with Gasteiger partial charge >= 0.3 is 0 Å². The van der Waals surface area contributed by atoms with Gasteiger partial charge in [0.1, 0.15) is 12.4 Å². The summed E-state index contributed by atoms with van der Waals surface area (Å²) in [5, 5.41) is 4.69. The van der Waals surface area contributed by atoms with Crippen LogP contribution in [0.4, 0.5) is 0 Å². The van der Waals surface area contributed by atoms with Crippen LogP contribution in [-0.4, -0.2) is 46.6 Å². The Morgan fingerprint density at radius 2 is 1.73 bits per heavy atom. The second-order valence-corrected chi connectivity index (χ2v) is 5.18. The Balaban J connectivity index is 1.54. The van der Waals surface area contributed by atoms with Crippen molar-refractivity contribution in [1.82, 2.24) is 0 Å². The lowest BCUT2D eigenvalue weighted by molar-refractivity contribution is -0.656. The predicted octanol–water partition coefficient (Wildman–Crippen LogP) is 1.84. The van der Waals surface area contributed by atoms with Gasteiger partial charge in [0.25, 0.3) is 0 Å². The van der Waals surface area contributed by atoms with Crippen LogP contribution in [-0.2, 0) is 9.47 Å². The SMILES string of the molecule is COCCC[NH2+]CCOCCOc1ccc2ccccc2c1. The number of benzene rings is 2. The van der Waals surface area contributed by atoms with Crippen LogP contribution in [0.25, 0.3) is 10.8 Å². The molecule has 0 fully saturated rings. The first-order valence-electron chi connectivity index (χ1n) is 7.90. The van der Waals surface area contributed by atoms with Crippen molar-refractivity contribution in [3.8, 4) is 5.75 Å². The fourth-order valence-corrected chi connectivity index (χ4v) is 2.26. The van der Waals surface area contributed by atoms with Crippen LogP contribution in [0.2, 0.25) is 0 Å². The molecule has 0 aliphatic heterocycles. The molecule has 0 unspecified atom stereocenters. The van der Waals surface area contributed by atoms with Gasteiger partial charge in [-0.1, -0.05) is 30.3 Å². The van der Waals surface area contributed by atoms with E-state index in [-0.39, 0.29) is 0 Å². The van der Waals surface area contributed by atoms with Crippen LogP contribution in [0.5, 0.6) is 5.75 Å². The Morgan fingerprint density at radius 3 is 2.59 bits per heavy atom. The standard InChI is InChI=1S/C18H25NO3/c1-20-11-4-9-19-10-12-21-13-14-22-18-8-7-16-5-2-3-6-17(16)15-18/h2-3,5-8,15,19H,4,9-14H2,1H3/p+1. The molecule has 4 heteroatoms. The molecule has 2 aromatic rings. The van der Waals surface area contributed by atoms with Crippen molar-refractivity contribution in [2.75, 3.05) is 46.6 Å². The van der Waals surface area contributed by atoms with E-state index in [1.165, 1.54) is 10.8 Å². The third-order valence-corrected chi connectivity index (χ3v) is 3.44. The molecule has 0 aliphatic rings. The lowest BCUT2D eigenvalue weighted by atomic mass is 10.1. The van der Waals surface area contributed by atoms with Crippen molar-refractivity contribution < 1.29 is 19.5 Å². The lowest BCUT2D eigenvalue weighted by Gasteiger charge is -2.08. The Morgan fingerprint density at radius 1 is 0.864 bits per heavy atom. The van der Waals surface area contributed by atoms with E-state index in [4.69, 9.17) is 14.2 Å². The van der Waals surface area contributed by atoms with Gasteiger partial charge in [0.05, 0.1) is 32.9 Å². The highest BCUT2D eigenvalue weighted by Gasteiger charge is 1.97. The second-order valence-electron chi connectivity index (χ2n) is 5.18. The van der Waals surface area contributed by atoms with E-state index >= 15 is 0 Å². The average Bonchev–Trinajstić information content (AvgIpc) is 2.56. The Bertz CT molecular complexity index is 545. The molecule has 2 aromatic carbocycles. The molecule has 2 rings (SSSR count). The molecular weight excluding hydrogens is 278 g/mol. The molecule has 4 nitrogen and oxygen atoms in total. The third-order valence-electron chi connectivity index (χ3n) is 3.44. The van der Waals surface area contributed by atoms with Gasteiger partial charge in [-0.3, -0.25) is 0 Å². The molecule has 0 amide bonds. The molecule has 0 heterocycles. The summed E-state index contributed by atoms with van der Waals surface area (Å²) in [5.74, 6) is 0.897. The first-order chi connectivity index (χ1) is 10.9. The molecule has 0 bridgehead atoms. The summed E-state index contributed by atoms with van der Waals surface area (Å²) >= 11 is 0. The molecule has 22 heavy (non-hydrogen) atoms. The summed E-state index contributed by atoms with van der Waals surface area (Å²) < 4.78 is 16.3. The summed E-state index contributed by atoms with van der Waals surface area (Å²) in [5.41, 5.74) is 0. The highest BCUT2D eigenvalue weighted by molar-refractivity contribution is 5.83. The molecule has 0 saturated heterocycles. The fourth-order valence-electron chi connectivity index (χ4n) is 2.26. The van der Waals surface area contributed by atoms with E-state index in [1.807, 2.05) is 18.2 Å². The van der Waals surface area contributed by atoms with E-state index in [2.05, 4.69) is 29.6 Å². The van der Waals surface area contributed by atoms with Gasteiger partial charge in [0, 0.05) is 13.5 Å². The minimum atomic E-state index is 0.585. The maximum atomic E-state index is 5.72. The molecule has 2 N–H and O–H groups in total. The van der Waals surface area contributed by atoms with Gasteiger partial charge < -0.3 is 19.5 Å². The molecule has 0 aliphatic carbocycles. The monoisotopic (exact) mass is 304 g/mol. The van der Waals surface area contributed by atoms with Gasteiger partial charge in [0.2, 0.25) is 0 Å². The summed E-state index contributed by atoms with van der Waals surface area (Å²) in [6, 6.07) is 14.4. The van der Waals surface area contributed by atoms with E-state index in [0.717, 1.165) is 38.5 Å². The quantitative estimate of drug-likeness (QED) is 0.644. The van der Waals surface area contributed by atoms with Crippen LogP contribution in [0.1, 0.15) is 6.42 Å². The Labute approximate surface area is 132 Å². The number of rotatable bonds is 11. The lowest BCUT2D eigenvalue weighted by Crippen LogP contribution is -2.85. The summed E-state index contributed by atoms with van der Waals surface area (Å²) in [4.78, 5) is 0. The molecule has 0 atom stereocenters. The van der Waals surface area contributed by atoms with Crippen molar-refractivity contribution in [3.05, 3.63) is 42.5 Å². The van der Waals surface area contributed by atoms with Crippen LogP contribution >= 0.6 is 0 Å². The van der Waals surface area contributed by atoms with E-state index in [9.17, 15) is 0 Å². The predicted molar refractivity (Wildman–Crippen MR) is 88.4 cm³/mol. The fraction of sp³-hybridized carbons (Fsp3) is 0.444. The van der Waals surface area contributed by atoms with Gasteiger partial charge in [-0.15, -0.1) is 0 Å². The number of hydrogen-bond acceptors (Lipinski definition) is 3. The number of methoxy groups -OCH3 is 1. The van der Waals surface area contributed by atoms with E-state index < -0.39 is 0 Å². The average molecular weight is 304 g/mol. The second kappa shape index (κ2) is 10.2. The third kappa shape index (κ3) is 6.02. The number of hydrogen-bond donors (Lipinski definition) is 1. The van der Waals surface area contributed by atoms with Crippen molar-refractivity contribution in [2.24, 2.45) is 0 Å². The van der Waals surface area contributed by atoms with Crippen molar-refractivity contribution in [3.63, 3.8) is 0 Å². The molecule has 120 valence electrons. The Kier molecular flexibility index (Phi) is 7.74. The van der Waals surface area contributed by atoms with Crippen molar-refractivity contribution in [1.29, 1.82) is 0 Å².